The minimum absolute atomic E-state index is 0.0595. The lowest BCUT2D eigenvalue weighted by atomic mass is 9.89. The molecule has 5 nitrogen and oxygen atoms in total. The van der Waals surface area contributed by atoms with Crippen LogP contribution in [0.2, 0.25) is 0 Å². The lowest BCUT2D eigenvalue weighted by Crippen LogP contribution is -2.61. The van der Waals surface area contributed by atoms with Gasteiger partial charge in [-0.25, -0.2) is 13.2 Å². The fraction of sp³-hybridized carbons (Fsp3) is 0.167. The molecule has 0 radical (unpaired) electrons. The monoisotopic (exact) mass is 440 g/mol. The third-order valence-electron chi connectivity index (χ3n) is 5.12. The summed E-state index contributed by atoms with van der Waals surface area (Å²) in [6, 6.07) is 14.4. The first-order chi connectivity index (χ1) is 15.3. The molecule has 0 saturated carbocycles. The third kappa shape index (κ3) is 4.30. The number of ether oxygens (including phenoxy) is 1. The second-order valence-corrected chi connectivity index (χ2v) is 7.43. The first kappa shape index (κ1) is 21.4. The van der Waals surface area contributed by atoms with Crippen molar-refractivity contribution in [3.8, 4) is 5.75 Å². The zero-order chi connectivity index (χ0) is 22.8. The van der Waals surface area contributed by atoms with Gasteiger partial charge in [0, 0.05) is 24.7 Å². The first-order valence-electron chi connectivity index (χ1n) is 9.86. The fourth-order valence-corrected chi connectivity index (χ4v) is 3.70. The number of hydrogen-bond acceptors (Lipinski definition) is 3. The number of anilines is 1. The average Bonchev–Trinajstić information content (AvgIpc) is 2.75. The quantitative estimate of drug-likeness (QED) is 0.571. The van der Waals surface area contributed by atoms with Crippen molar-refractivity contribution in [3.63, 3.8) is 0 Å². The highest BCUT2D eigenvalue weighted by Crippen LogP contribution is 2.40. The average molecular weight is 440 g/mol. The van der Waals surface area contributed by atoms with Crippen LogP contribution in [0.4, 0.5) is 18.9 Å². The van der Waals surface area contributed by atoms with E-state index in [1.54, 1.807) is 30.3 Å². The van der Waals surface area contributed by atoms with Gasteiger partial charge >= 0.3 is 0 Å². The Morgan fingerprint density at radius 2 is 1.78 bits per heavy atom. The Hall–Kier alpha value is -3.81. The predicted molar refractivity (Wildman–Crippen MR) is 111 cm³/mol. The number of β-lactam (4-membered cyclic amide) rings is 1. The summed E-state index contributed by atoms with van der Waals surface area (Å²) in [5, 5.41) is 2.65. The highest BCUT2D eigenvalue weighted by Gasteiger charge is 2.51. The third-order valence-corrected chi connectivity index (χ3v) is 5.12. The summed E-state index contributed by atoms with van der Waals surface area (Å²) in [6.45, 7) is 1.43. The molecule has 1 heterocycles. The van der Waals surface area contributed by atoms with Crippen molar-refractivity contribution in [1.82, 2.24) is 4.90 Å². The van der Waals surface area contributed by atoms with Crippen LogP contribution in [0.15, 0.2) is 66.7 Å². The number of carbonyl (C=O) groups excluding carboxylic acids is 2. The molecule has 32 heavy (non-hydrogen) atoms. The van der Waals surface area contributed by atoms with E-state index >= 15 is 0 Å². The van der Waals surface area contributed by atoms with Crippen LogP contribution in [-0.4, -0.2) is 22.8 Å². The number of para-hydroxylation sites is 1. The number of nitrogens with zero attached hydrogens (tertiary/aromatic N) is 1. The largest absolute Gasteiger partial charge is 0.475 e. The lowest BCUT2D eigenvalue weighted by Gasteiger charge is -2.46. The molecule has 4 rings (SSSR count). The van der Waals surface area contributed by atoms with Gasteiger partial charge in [-0.2, -0.15) is 0 Å². The van der Waals surface area contributed by atoms with Gasteiger partial charge in [0.2, 0.25) is 12.0 Å². The molecular formula is C24H19F3N2O3. The number of amides is 2. The summed E-state index contributed by atoms with van der Waals surface area (Å²) in [5.41, 5.74) is 1.13. The van der Waals surface area contributed by atoms with Crippen LogP contribution >= 0.6 is 0 Å². The molecule has 8 heteroatoms. The zero-order valence-corrected chi connectivity index (χ0v) is 17.0. The summed E-state index contributed by atoms with van der Waals surface area (Å²) in [5.74, 6) is -2.94. The van der Waals surface area contributed by atoms with Crippen molar-refractivity contribution < 1.29 is 27.5 Å². The van der Waals surface area contributed by atoms with Gasteiger partial charge in [0.25, 0.3) is 5.91 Å². The summed E-state index contributed by atoms with van der Waals surface area (Å²) >= 11 is 0. The zero-order valence-electron chi connectivity index (χ0n) is 17.0. The van der Waals surface area contributed by atoms with Gasteiger partial charge in [0.1, 0.15) is 17.7 Å². The van der Waals surface area contributed by atoms with Crippen LogP contribution in [-0.2, 0) is 16.1 Å². The number of benzene rings is 3. The Kier molecular flexibility index (Phi) is 5.85. The fourth-order valence-electron chi connectivity index (χ4n) is 3.70. The number of carbonyl (C=O) groups is 2. The summed E-state index contributed by atoms with van der Waals surface area (Å²) in [4.78, 5) is 25.6. The molecule has 164 valence electrons. The van der Waals surface area contributed by atoms with E-state index in [0.717, 1.165) is 18.2 Å². The molecule has 3 aromatic carbocycles. The standard InChI is InChI=1S/C24H19F3N2O3/c1-14(30)28-17-6-4-5-15(11-17)13-29-22(18-12-16(25)9-10-19(18)26)23(24(29)31)32-21-8-3-2-7-20(21)27/h2-12,22-23H,13H2,1H3,(H,28,30)/t22-,23+/m1/s1. The normalized spacial score (nSPS) is 17.6. The molecule has 0 bridgehead atoms. The van der Waals surface area contributed by atoms with Crippen molar-refractivity contribution in [2.45, 2.75) is 25.6 Å². The highest BCUT2D eigenvalue weighted by atomic mass is 19.1. The molecule has 1 aliphatic heterocycles. The Balaban J connectivity index is 1.65. The lowest BCUT2D eigenvalue weighted by molar-refractivity contribution is -0.165. The van der Waals surface area contributed by atoms with Gasteiger partial charge in [-0.3, -0.25) is 9.59 Å². The Morgan fingerprint density at radius 1 is 1.00 bits per heavy atom. The van der Waals surface area contributed by atoms with Gasteiger partial charge in [0.15, 0.2) is 11.6 Å². The van der Waals surface area contributed by atoms with Crippen LogP contribution in [0.3, 0.4) is 0 Å². The van der Waals surface area contributed by atoms with Crippen molar-refractivity contribution in [2.24, 2.45) is 0 Å². The molecule has 0 spiro atoms. The minimum atomic E-state index is -1.22. The molecule has 2 amide bonds. The minimum Gasteiger partial charge on any atom is -0.475 e. The summed E-state index contributed by atoms with van der Waals surface area (Å²) < 4.78 is 48.2. The maximum atomic E-state index is 14.6. The topological polar surface area (TPSA) is 58.6 Å². The number of rotatable bonds is 6. The molecule has 0 unspecified atom stereocenters. The molecule has 1 fully saturated rings. The SMILES string of the molecule is CC(=O)Nc1cccc(CN2C(=O)[C@@H](Oc3ccccc3F)[C@H]2c2cc(F)ccc2F)c1. The molecule has 0 aliphatic carbocycles. The molecular weight excluding hydrogens is 421 g/mol. The van der Waals surface area contributed by atoms with E-state index in [0.29, 0.717) is 11.3 Å². The van der Waals surface area contributed by atoms with Crippen molar-refractivity contribution in [1.29, 1.82) is 0 Å². The second-order valence-electron chi connectivity index (χ2n) is 7.43. The van der Waals surface area contributed by atoms with Crippen molar-refractivity contribution >= 4 is 17.5 Å². The van der Waals surface area contributed by atoms with E-state index in [4.69, 9.17) is 4.74 Å². The number of halogens is 3. The number of hydrogen-bond donors (Lipinski definition) is 1. The molecule has 0 aromatic heterocycles. The van der Waals surface area contributed by atoms with Gasteiger partial charge in [-0.1, -0.05) is 24.3 Å². The van der Waals surface area contributed by atoms with E-state index in [2.05, 4.69) is 5.32 Å². The van der Waals surface area contributed by atoms with Crippen LogP contribution in [0.1, 0.15) is 24.1 Å². The van der Waals surface area contributed by atoms with Crippen LogP contribution in [0, 0.1) is 17.5 Å². The number of nitrogens with one attached hydrogen (secondary N) is 1. The molecule has 3 aromatic rings. The maximum Gasteiger partial charge on any atom is 0.267 e. The molecule has 2 atom stereocenters. The van der Waals surface area contributed by atoms with E-state index in [9.17, 15) is 22.8 Å². The Bertz CT molecular complexity index is 1180. The van der Waals surface area contributed by atoms with E-state index in [1.807, 2.05) is 0 Å². The summed E-state index contributed by atoms with van der Waals surface area (Å²) in [7, 11) is 0. The van der Waals surface area contributed by atoms with Gasteiger partial charge < -0.3 is 15.0 Å². The molecule has 1 N–H and O–H groups in total. The van der Waals surface area contributed by atoms with Crippen LogP contribution in [0.5, 0.6) is 5.75 Å². The Morgan fingerprint density at radius 3 is 2.53 bits per heavy atom. The van der Waals surface area contributed by atoms with Crippen LogP contribution in [0.25, 0.3) is 0 Å². The smallest absolute Gasteiger partial charge is 0.267 e. The Labute approximate surface area is 182 Å². The van der Waals surface area contributed by atoms with Crippen molar-refractivity contribution in [2.75, 3.05) is 5.32 Å². The van der Waals surface area contributed by atoms with E-state index < -0.39 is 35.5 Å². The van der Waals surface area contributed by atoms with E-state index in [-0.39, 0.29) is 23.8 Å². The van der Waals surface area contributed by atoms with Crippen LogP contribution < -0.4 is 10.1 Å². The predicted octanol–water partition coefficient (Wildman–Crippen LogP) is 4.59. The van der Waals surface area contributed by atoms with Gasteiger partial charge in [-0.15, -0.1) is 0 Å². The van der Waals surface area contributed by atoms with Crippen molar-refractivity contribution in [3.05, 3.63) is 95.3 Å². The highest BCUT2D eigenvalue weighted by molar-refractivity contribution is 5.90. The van der Waals surface area contributed by atoms with Gasteiger partial charge in [-0.05, 0) is 48.0 Å². The van der Waals surface area contributed by atoms with Gasteiger partial charge in [0.05, 0.1) is 0 Å². The van der Waals surface area contributed by atoms with E-state index in [1.165, 1.54) is 30.0 Å². The maximum absolute atomic E-state index is 14.6. The summed E-state index contributed by atoms with van der Waals surface area (Å²) in [6.07, 6.45) is -1.22. The first-order valence-corrected chi connectivity index (χ1v) is 9.86. The number of likely N-dealkylation sites (tertiary alicyclic amines) is 1. The second kappa shape index (κ2) is 8.74. The molecule has 1 aliphatic rings. The molecule has 1 saturated heterocycles.